The van der Waals surface area contributed by atoms with Gasteiger partial charge < -0.3 is 10.5 Å². The average molecular weight is 246 g/mol. The van der Waals surface area contributed by atoms with E-state index in [1.54, 1.807) is 4.68 Å². The number of aryl methyl sites for hydroxylation is 1. The van der Waals surface area contributed by atoms with Crippen LogP contribution >= 0.6 is 0 Å². The van der Waals surface area contributed by atoms with Crippen molar-refractivity contribution in [2.24, 2.45) is 5.73 Å². The molecule has 2 rings (SSSR count). The van der Waals surface area contributed by atoms with Gasteiger partial charge in [-0.25, -0.2) is 4.68 Å². The molecule has 0 spiro atoms. The monoisotopic (exact) mass is 246 g/mol. The lowest BCUT2D eigenvalue weighted by Crippen LogP contribution is -2.08. The maximum Gasteiger partial charge on any atom is 0.119 e. The number of hydrogen-bond donors (Lipinski definition) is 1. The fourth-order valence-electron chi connectivity index (χ4n) is 1.67. The highest BCUT2D eigenvalue weighted by Gasteiger charge is 2.00. The van der Waals surface area contributed by atoms with Gasteiger partial charge >= 0.3 is 0 Å². The zero-order valence-electron chi connectivity index (χ0n) is 10.5. The average Bonchev–Trinajstić information content (AvgIpc) is 2.78. The van der Waals surface area contributed by atoms with Crippen molar-refractivity contribution in [1.29, 1.82) is 0 Å². The first-order valence-electron chi connectivity index (χ1n) is 6.06. The van der Waals surface area contributed by atoms with Gasteiger partial charge in [-0.3, -0.25) is 0 Å². The van der Waals surface area contributed by atoms with Crippen LogP contribution in [0.25, 0.3) is 0 Å². The van der Waals surface area contributed by atoms with Gasteiger partial charge in [-0.2, -0.15) is 0 Å². The summed E-state index contributed by atoms with van der Waals surface area (Å²) in [6, 6.07) is 8.00. The van der Waals surface area contributed by atoms with Gasteiger partial charge in [0.1, 0.15) is 12.4 Å². The number of benzene rings is 1. The molecule has 0 saturated heterocycles. The van der Waals surface area contributed by atoms with Gasteiger partial charge in [0, 0.05) is 12.6 Å². The van der Waals surface area contributed by atoms with E-state index < -0.39 is 0 Å². The molecule has 0 atom stereocenters. The molecule has 0 unspecified atom stereocenters. The van der Waals surface area contributed by atoms with Crippen LogP contribution in [0.2, 0.25) is 0 Å². The van der Waals surface area contributed by atoms with Crippen molar-refractivity contribution in [2.75, 3.05) is 13.2 Å². The Balaban J connectivity index is 1.81. The number of nitrogens with two attached hydrogens (primary N) is 1. The fraction of sp³-hybridized carbons (Fsp3) is 0.385. The van der Waals surface area contributed by atoms with E-state index in [-0.39, 0.29) is 0 Å². The molecule has 2 N–H and O–H groups in total. The Morgan fingerprint density at radius 2 is 2.28 bits per heavy atom. The first-order valence-corrected chi connectivity index (χ1v) is 6.06. The van der Waals surface area contributed by atoms with Crippen molar-refractivity contribution < 1.29 is 4.74 Å². The summed E-state index contributed by atoms with van der Waals surface area (Å²) in [5, 5.41) is 8.04. The summed E-state index contributed by atoms with van der Waals surface area (Å²) >= 11 is 0. The van der Waals surface area contributed by atoms with Gasteiger partial charge in [-0.15, -0.1) is 5.10 Å². The second kappa shape index (κ2) is 6.16. The van der Waals surface area contributed by atoms with Crippen LogP contribution < -0.4 is 10.5 Å². The minimum absolute atomic E-state index is 0.578. The molecule has 0 aliphatic rings. The van der Waals surface area contributed by atoms with Crippen molar-refractivity contribution in [3.05, 3.63) is 41.7 Å². The highest BCUT2D eigenvalue weighted by Crippen LogP contribution is 2.12. The highest BCUT2D eigenvalue weighted by atomic mass is 16.5. The number of ether oxygens (including phenoxy) is 1. The molecule has 1 heterocycles. The molecule has 0 aliphatic carbocycles. The van der Waals surface area contributed by atoms with Crippen LogP contribution in [0, 0.1) is 6.92 Å². The van der Waals surface area contributed by atoms with Gasteiger partial charge in [0.05, 0.1) is 12.2 Å². The largest absolute Gasteiger partial charge is 0.492 e. The predicted molar refractivity (Wildman–Crippen MR) is 69.5 cm³/mol. The standard InChI is InChI=1S/C13H18N4O/c1-11-3-2-4-13(9-11)18-8-7-17-10-12(5-6-14)15-16-17/h2-4,9-10H,5-8,14H2,1H3. The van der Waals surface area contributed by atoms with Crippen molar-refractivity contribution in [3.8, 4) is 5.75 Å². The van der Waals surface area contributed by atoms with Crippen molar-refractivity contribution in [2.45, 2.75) is 19.9 Å². The molecule has 2 aromatic rings. The van der Waals surface area contributed by atoms with E-state index in [0.29, 0.717) is 19.7 Å². The summed E-state index contributed by atoms with van der Waals surface area (Å²) in [5.41, 5.74) is 7.58. The Morgan fingerprint density at radius 3 is 3.06 bits per heavy atom. The quantitative estimate of drug-likeness (QED) is 0.830. The van der Waals surface area contributed by atoms with Crippen molar-refractivity contribution in [1.82, 2.24) is 15.0 Å². The minimum atomic E-state index is 0.578. The van der Waals surface area contributed by atoms with Gasteiger partial charge in [0.15, 0.2) is 0 Å². The molecule has 0 bridgehead atoms. The van der Waals surface area contributed by atoms with Gasteiger partial charge in [0.2, 0.25) is 0 Å². The van der Waals surface area contributed by atoms with Crippen LogP contribution in [-0.4, -0.2) is 28.1 Å². The smallest absolute Gasteiger partial charge is 0.119 e. The molecule has 96 valence electrons. The number of hydrogen-bond acceptors (Lipinski definition) is 4. The molecule has 0 aliphatic heterocycles. The number of nitrogens with zero attached hydrogens (tertiary/aromatic N) is 3. The van der Waals surface area contributed by atoms with Crippen molar-refractivity contribution in [3.63, 3.8) is 0 Å². The molecule has 0 radical (unpaired) electrons. The van der Waals surface area contributed by atoms with Crippen LogP contribution in [0.3, 0.4) is 0 Å². The first kappa shape index (κ1) is 12.6. The zero-order valence-corrected chi connectivity index (χ0v) is 10.5. The molecular formula is C13H18N4O. The van der Waals surface area contributed by atoms with Gasteiger partial charge in [0.25, 0.3) is 0 Å². The van der Waals surface area contributed by atoms with E-state index in [9.17, 15) is 0 Å². The number of rotatable bonds is 6. The highest BCUT2D eigenvalue weighted by molar-refractivity contribution is 5.27. The summed E-state index contributed by atoms with van der Waals surface area (Å²) in [4.78, 5) is 0. The molecular weight excluding hydrogens is 228 g/mol. The van der Waals surface area contributed by atoms with E-state index in [0.717, 1.165) is 17.9 Å². The molecule has 1 aromatic carbocycles. The molecule has 0 saturated carbocycles. The number of aromatic nitrogens is 3. The second-order valence-electron chi connectivity index (χ2n) is 4.18. The predicted octanol–water partition coefficient (Wildman–Crippen LogP) is 1.17. The maximum absolute atomic E-state index is 5.65. The summed E-state index contributed by atoms with van der Waals surface area (Å²) in [6.07, 6.45) is 2.67. The lowest BCUT2D eigenvalue weighted by Gasteiger charge is -2.06. The van der Waals surface area contributed by atoms with Crippen molar-refractivity contribution >= 4 is 0 Å². The molecule has 18 heavy (non-hydrogen) atoms. The Bertz CT molecular complexity index is 495. The van der Waals surface area contributed by atoms with Crippen LogP contribution in [0.15, 0.2) is 30.5 Å². The SMILES string of the molecule is Cc1cccc(OCCn2cc(CCN)nn2)c1. The lowest BCUT2D eigenvalue weighted by atomic mass is 10.2. The van der Waals surface area contributed by atoms with Crippen LogP contribution in [0.5, 0.6) is 5.75 Å². The Labute approximate surface area is 107 Å². The molecule has 1 aromatic heterocycles. The van der Waals surface area contributed by atoms with Crippen LogP contribution in [0.1, 0.15) is 11.3 Å². The minimum Gasteiger partial charge on any atom is -0.492 e. The fourth-order valence-corrected chi connectivity index (χ4v) is 1.67. The first-order chi connectivity index (χ1) is 8.78. The van der Waals surface area contributed by atoms with E-state index in [4.69, 9.17) is 10.5 Å². The summed E-state index contributed by atoms with van der Waals surface area (Å²) in [6.45, 7) is 3.91. The molecule has 0 amide bonds. The molecule has 5 heteroatoms. The lowest BCUT2D eigenvalue weighted by molar-refractivity contribution is 0.289. The maximum atomic E-state index is 5.65. The Kier molecular flexibility index (Phi) is 4.30. The zero-order chi connectivity index (χ0) is 12.8. The summed E-state index contributed by atoms with van der Waals surface area (Å²) in [7, 11) is 0. The van der Waals surface area contributed by atoms with Crippen LogP contribution in [0.4, 0.5) is 0 Å². The van der Waals surface area contributed by atoms with Crippen LogP contribution in [-0.2, 0) is 13.0 Å². The topological polar surface area (TPSA) is 66.0 Å². The third kappa shape index (κ3) is 3.56. The van der Waals surface area contributed by atoms with E-state index >= 15 is 0 Å². The van der Waals surface area contributed by atoms with E-state index in [1.807, 2.05) is 37.4 Å². The summed E-state index contributed by atoms with van der Waals surface area (Å²) in [5.74, 6) is 0.886. The third-order valence-electron chi connectivity index (χ3n) is 2.57. The Hall–Kier alpha value is -1.88. The second-order valence-corrected chi connectivity index (χ2v) is 4.18. The Morgan fingerprint density at radius 1 is 1.39 bits per heavy atom. The van der Waals surface area contributed by atoms with Gasteiger partial charge in [-0.05, 0) is 31.2 Å². The van der Waals surface area contributed by atoms with E-state index in [2.05, 4.69) is 10.3 Å². The summed E-state index contributed by atoms with van der Waals surface area (Å²) < 4.78 is 7.43. The molecule has 5 nitrogen and oxygen atoms in total. The normalized spacial score (nSPS) is 10.6. The third-order valence-corrected chi connectivity index (χ3v) is 2.57. The van der Waals surface area contributed by atoms with E-state index in [1.165, 1.54) is 5.56 Å². The van der Waals surface area contributed by atoms with Gasteiger partial charge in [-0.1, -0.05) is 17.3 Å². The molecule has 0 fully saturated rings.